The molecule has 0 spiro atoms. The maximum Gasteiger partial charge on any atom is 0.252 e. The van der Waals surface area contributed by atoms with E-state index in [0.29, 0.717) is 28.1 Å². The zero-order chi connectivity index (χ0) is 16.1. The summed E-state index contributed by atoms with van der Waals surface area (Å²) in [6, 6.07) is 3.51. The van der Waals surface area contributed by atoms with Crippen molar-refractivity contribution in [3.63, 3.8) is 0 Å². The van der Waals surface area contributed by atoms with E-state index in [1.54, 1.807) is 12.1 Å². The van der Waals surface area contributed by atoms with Crippen molar-refractivity contribution >= 4 is 29.1 Å². The molecule has 1 atom stereocenters. The number of amides is 1. The van der Waals surface area contributed by atoms with Gasteiger partial charge in [0, 0.05) is 24.0 Å². The van der Waals surface area contributed by atoms with Crippen molar-refractivity contribution in [3.05, 3.63) is 33.3 Å². The molecule has 3 nitrogen and oxygen atoms in total. The molecule has 0 saturated carbocycles. The zero-order valence-corrected chi connectivity index (χ0v) is 14.7. The Bertz CT molecular complexity index is 524. The van der Waals surface area contributed by atoms with Gasteiger partial charge in [0.15, 0.2) is 0 Å². The number of halogens is 2. The van der Waals surface area contributed by atoms with Crippen molar-refractivity contribution < 1.29 is 4.79 Å². The summed E-state index contributed by atoms with van der Waals surface area (Å²) < 4.78 is 0. The molecule has 0 aliphatic carbocycles. The summed E-state index contributed by atoms with van der Waals surface area (Å²) in [5, 5.41) is 7.46. The zero-order valence-electron chi connectivity index (χ0n) is 13.2. The molecule has 122 valence electrons. The smallest absolute Gasteiger partial charge is 0.252 e. The quantitative estimate of drug-likeness (QED) is 0.811. The van der Waals surface area contributed by atoms with Gasteiger partial charge in [0.05, 0.1) is 10.6 Å². The summed E-state index contributed by atoms with van der Waals surface area (Å²) in [7, 11) is 0. The van der Waals surface area contributed by atoms with E-state index in [2.05, 4.69) is 24.5 Å². The number of benzene rings is 1. The van der Waals surface area contributed by atoms with Crippen molar-refractivity contribution in [2.45, 2.75) is 39.0 Å². The fraction of sp³-hybridized carbons (Fsp3) is 0.588. The molecule has 1 saturated heterocycles. The maximum absolute atomic E-state index is 12.4. The van der Waals surface area contributed by atoms with Crippen LogP contribution in [-0.4, -0.2) is 25.5 Å². The van der Waals surface area contributed by atoms with Crippen molar-refractivity contribution in [2.24, 2.45) is 5.92 Å². The molecule has 1 amide bonds. The minimum Gasteiger partial charge on any atom is -0.352 e. The van der Waals surface area contributed by atoms with Crippen LogP contribution in [0.1, 0.15) is 54.9 Å². The molecule has 22 heavy (non-hydrogen) atoms. The number of nitrogens with one attached hydrogen (secondary N) is 2. The Morgan fingerprint density at radius 3 is 2.68 bits per heavy atom. The monoisotopic (exact) mass is 342 g/mol. The van der Waals surface area contributed by atoms with Crippen molar-refractivity contribution in [1.29, 1.82) is 0 Å². The number of carbonyl (C=O) groups is 1. The number of rotatable bonds is 6. The van der Waals surface area contributed by atoms with E-state index in [-0.39, 0.29) is 11.8 Å². The van der Waals surface area contributed by atoms with E-state index < -0.39 is 0 Å². The summed E-state index contributed by atoms with van der Waals surface area (Å²) in [4.78, 5) is 12.4. The Labute approximate surface area is 142 Å². The van der Waals surface area contributed by atoms with E-state index >= 15 is 0 Å². The van der Waals surface area contributed by atoms with Crippen LogP contribution in [0.15, 0.2) is 12.1 Å². The first kappa shape index (κ1) is 17.6. The minimum atomic E-state index is -0.110. The normalized spacial score (nSPS) is 18.0. The predicted molar refractivity (Wildman–Crippen MR) is 93.1 cm³/mol. The van der Waals surface area contributed by atoms with Crippen LogP contribution in [0.25, 0.3) is 0 Å². The van der Waals surface area contributed by atoms with E-state index in [9.17, 15) is 4.79 Å². The molecule has 1 heterocycles. The van der Waals surface area contributed by atoms with Gasteiger partial charge in [0.1, 0.15) is 0 Å². The van der Waals surface area contributed by atoms with E-state index in [0.717, 1.165) is 37.9 Å². The lowest BCUT2D eigenvalue weighted by atomic mass is 9.96. The highest BCUT2D eigenvalue weighted by atomic mass is 35.5. The van der Waals surface area contributed by atoms with E-state index in [4.69, 9.17) is 23.2 Å². The van der Waals surface area contributed by atoms with Crippen molar-refractivity contribution in [3.8, 4) is 0 Å². The highest BCUT2D eigenvalue weighted by Gasteiger charge is 2.25. The first-order valence-corrected chi connectivity index (χ1v) is 8.80. The van der Waals surface area contributed by atoms with Crippen LogP contribution in [0.2, 0.25) is 10.0 Å². The molecule has 1 fully saturated rings. The lowest BCUT2D eigenvalue weighted by Crippen LogP contribution is -2.29. The Morgan fingerprint density at radius 2 is 2.09 bits per heavy atom. The summed E-state index contributed by atoms with van der Waals surface area (Å²) >= 11 is 12.8. The molecule has 1 aliphatic rings. The molecular weight excluding hydrogens is 319 g/mol. The van der Waals surface area contributed by atoms with Gasteiger partial charge in [0.25, 0.3) is 5.91 Å². The average molecular weight is 343 g/mol. The van der Waals surface area contributed by atoms with E-state index in [1.165, 1.54) is 0 Å². The first-order chi connectivity index (χ1) is 10.6. The Morgan fingerprint density at radius 1 is 1.36 bits per heavy atom. The van der Waals surface area contributed by atoms with Crippen LogP contribution >= 0.6 is 23.2 Å². The maximum atomic E-state index is 12.4. The summed E-state index contributed by atoms with van der Waals surface area (Å²) in [5.74, 6) is 0.682. The van der Waals surface area contributed by atoms with Gasteiger partial charge in [-0.25, -0.2) is 0 Å². The third-order valence-electron chi connectivity index (χ3n) is 4.55. The van der Waals surface area contributed by atoms with Gasteiger partial charge in [-0.3, -0.25) is 4.79 Å². The highest BCUT2D eigenvalue weighted by Crippen LogP contribution is 2.36. The molecule has 2 rings (SSSR count). The van der Waals surface area contributed by atoms with Gasteiger partial charge >= 0.3 is 0 Å². The molecular formula is C17H24Cl2N2O. The predicted octanol–water partition coefficient (Wildman–Crippen LogP) is 4.24. The first-order valence-electron chi connectivity index (χ1n) is 8.05. The summed E-state index contributed by atoms with van der Waals surface area (Å²) in [6.45, 7) is 6.79. The number of carbonyl (C=O) groups excluding carboxylic acids is 1. The topological polar surface area (TPSA) is 41.1 Å². The van der Waals surface area contributed by atoms with Crippen LogP contribution in [0.4, 0.5) is 0 Å². The standard InChI is InChI=1S/C17H24Cl2N2O/c1-3-11(4-2)9-21-17(22)13-5-6-14(18)15(16(13)19)12-7-8-20-10-12/h5-6,11-12,20H,3-4,7-10H2,1-2H3,(H,21,22). The Kier molecular flexibility index (Phi) is 6.54. The summed E-state index contributed by atoms with van der Waals surface area (Å²) in [6.07, 6.45) is 3.12. The molecule has 5 heteroatoms. The molecule has 0 aromatic heterocycles. The Hall–Kier alpha value is -0.770. The average Bonchev–Trinajstić information content (AvgIpc) is 3.02. The minimum absolute atomic E-state index is 0.110. The van der Waals surface area contributed by atoms with Gasteiger partial charge in [-0.15, -0.1) is 0 Å². The molecule has 2 N–H and O–H groups in total. The second-order valence-corrected chi connectivity index (χ2v) is 6.69. The van der Waals surface area contributed by atoms with Gasteiger partial charge in [0.2, 0.25) is 0 Å². The second-order valence-electron chi connectivity index (χ2n) is 5.90. The largest absolute Gasteiger partial charge is 0.352 e. The Balaban J connectivity index is 2.17. The lowest BCUT2D eigenvalue weighted by molar-refractivity contribution is 0.0946. The molecule has 1 unspecified atom stereocenters. The number of hydrogen-bond acceptors (Lipinski definition) is 2. The third kappa shape index (κ3) is 3.95. The molecule has 1 aromatic carbocycles. The van der Waals surface area contributed by atoms with E-state index in [1.807, 2.05) is 0 Å². The van der Waals surface area contributed by atoms with Crippen LogP contribution in [0.3, 0.4) is 0 Å². The van der Waals surface area contributed by atoms with Crippen LogP contribution in [0, 0.1) is 5.92 Å². The van der Waals surface area contributed by atoms with Crippen LogP contribution in [-0.2, 0) is 0 Å². The van der Waals surface area contributed by atoms with Crippen molar-refractivity contribution in [2.75, 3.05) is 19.6 Å². The van der Waals surface area contributed by atoms with Gasteiger partial charge in [-0.05, 0) is 36.6 Å². The van der Waals surface area contributed by atoms with Gasteiger partial charge in [-0.2, -0.15) is 0 Å². The number of hydrogen-bond donors (Lipinski definition) is 2. The third-order valence-corrected chi connectivity index (χ3v) is 5.28. The van der Waals surface area contributed by atoms with Gasteiger partial charge in [-0.1, -0.05) is 49.9 Å². The fourth-order valence-corrected chi connectivity index (χ4v) is 3.69. The lowest BCUT2D eigenvalue weighted by Gasteiger charge is -2.17. The van der Waals surface area contributed by atoms with Crippen LogP contribution < -0.4 is 10.6 Å². The summed E-state index contributed by atoms with van der Waals surface area (Å²) in [5.41, 5.74) is 1.43. The second kappa shape index (κ2) is 8.19. The SMILES string of the molecule is CCC(CC)CNC(=O)c1ccc(Cl)c(C2CCNC2)c1Cl. The highest BCUT2D eigenvalue weighted by molar-refractivity contribution is 6.38. The molecule has 1 aromatic rings. The van der Waals surface area contributed by atoms with Gasteiger partial charge < -0.3 is 10.6 Å². The molecule has 1 aliphatic heterocycles. The molecule has 0 radical (unpaired) electrons. The fourth-order valence-electron chi connectivity index (χ4n) is 2.93. The molecule has 0 bridgehead atoms. The van der Waals surface area contributed by atoms with Crippen molar-refractivity contribution in [1.82, 2.24) is 10.6 Å². The van der Waals surface area contributed by atoms with Crippen LogP contribution in [0.5, 0.6) is 0 Å².